The van der Waals surface area contributed by atoms with Crippen LogP contribution in [0.15, 0.2) is 30.3 Å². The van der Waals surface area contributed by atoms with Crippen LogP contribution in [-0.2, 0) is 5.41 Å². The number of halogens is 2. The largest absolute Gasteiger partial charge is 0.320 e. The average molecular weight is 314 g/mol. The van der Waals surface area contributed by atoms with E-state index in [0.717, 1.165) is 10.4 Å². The number of nitrogens with two attached hydrogens (primary N) is 1. The number of benzene rings is 1. The van der Waals surface area contributed by atoms with Crippen LogP contribution < -0.4 is 5.73 Å². The van der Waals surface area contributed by atoms with Crippen molar-refractivity contribution >= 4 is 34.5 Å². The lowest BCUT2D eigenvalue weighted by Gasteiger charge is -2.16. The van der Waals surface area contributed by atoms with Crippen LogP contribution in [0.2, 0.25) is 10.0 Å². The van der Waals surface area contributed by atoms with Crippen molar-refractivity contribution in [3.63, 3.8) is 0 Å². The van der Waals surface area contributed by atoms with Crippen molar-refractivity contribution in [3.8, 4) is 0 Å². The Kier molecular flexibility index (Phi) is 4.26. The van der Waals surface area contributed by atoms with Gasteiger partial charge in [-0.1, -0.05) is 56.1 Å². The van der Waals surface area contributed by atoms with E-state index in [1.54, 1.807) is 17.4 Å². The summed E-state index contributed by atoms with van der Waals surface area (Å²) in [4.78, 5) is 2.42. The Balaban J connectivity index is 2.37. The third kappa shape index (κ3) is 3.14. The smallest absolute Gasteiger partial charge is 0.0661 e. The first-order valence-electron chi connectivity index (χ1n) is 6.10. The van der Waals surface area contributed by atoms with Gasteiger partial charge in [-0.2, -0.15) is 0 Å². The van der Waals surface area contributed by atoms with Gasteiger partial charge in [0.25, 0.3) is 0 Å². The van der Waals surface area contributed by atoms with Crippen molar-refractivity contribution in [1.82, 2.24) is 0 Å². The monoisotopic (exact) mass is 313 g/mol. The average Bonchev–Trinajstić information content (AvgIpc) is 2.81. The van der Waals surface area contributed by atoms with E-state index in [9.17, 15) is 0 Å². The molecule has 1 aromatic carbocycles. The highest BCUT2D eigenvalue weighted by Crippen LogP contribution is 2.37. The van der Waals surface area contributed by atoms with Gasteiger partial charge in [-0.05, 0) is 29.2 Å². The predicted octanol–water partition coefficient (Wildman–Crippen LogP) is 5.40. The van der Waals surface area contributed by atoms with Crippen LogP contribution in [0.1, 0.15) is 42.1 Å². The molecule has 2 N–H and O–H groups in total. The molecule has 0 aliphatic rings. The molecular weight excluding hydrogens is 297 g/mol. The summed E-state index contributed by atoms with van der Waals surface area (Å²) >= 11 is 14.0. The summed E-state index contributed by atoms with van der Waals surface area (Å²) in [6, 6.07) is 9.56. The van der Waals surface area contributed by atoms with Crippen molar-refractivity contribution in [2.24, 2.45) is 5.73 Å². The van der Waals surface area contributed by atoms with E-state index in [-0.39, 0.29) is 11.5 Å². The molecule has 0 radical (unpaired) electrons. The van der Waals surface area contributed by atoms with Crippen molar-refractivity contribution in [2.45, 2.75) is 32.2 Å². The van der Waals surface area contributed by atoms with Gasteiger partial charge in [0.05, 0.1) is 16.1 Å². The fraction of sp³-hybridized carbons (Fsp3) is 0.333. The summed E-state index contributed by atoms with van der Waals surface area (Å²) < 4.78 is 0. The third-order valence-electron chi connectivity index (χ3n) is 2.99. The van der Waals surface area contributed by atoms with Crippen molar-refractivity contribution in [2.75, 3.05) is 0 Å². The van der Waals surface area contributed by atoms with Gasteiger partial charge >= 0.3 is 0 Å². The van der Waals surface area contributed by atoms with E-state index in [0.29, 0.717) is 10.0 Å². The second-order valence-corrected chi connectivity index (χ2v) is 7.47. The summed E-state index contributed by atoms with van der Waals surface area (Å²) in [5.41, 5.74) is 7.32. The minimum Gasteiger partial charge on any atom is -0.320 e. The first-order valence-corrected chi connectivity index (χ1v) is 7.67. The molecule has 102 valence electrons. The first-order chi connectivity index (χ1) is 8.80. The first kappa shape index (κ1) is 14.9. The van der Waals surface area contributed by atoms with E-state index in [2.05, 4.69) is 32.9 Å². The van der Waals surface area contributed by atoms with Crippen LogP contribution in [0.4, 0.5) is 0 Å². The molecule has 0 amide bonds. The summed E-state index contributed by atoms with van der Waals surface area (Å²) in [5, 5.41) is 1.09. The maximum atomic E-state index is 6.31. The fourth-order valence-electron chi connectivity index (χ4n) is 1.84. The molecule has 1 unspecified atom stereocenters. The van der Waals surface area contributed by atoms with E-state index < -0.39 is 0 Å². The number of hydrogen-bond acceptors (Lipinski definition) is 2. The SMILES string of the molecule is CC(C)(C)c1ccc(C(N)c2cccc(Cl)c2Cl)s1. The number of rotatable bonds is 2. The predicted molar refractivity (Wildman–Crippen MR) is 85.5 cm³/mol. The van der Waals surface area contributed by atoms with Crippen LogP contribution in [-0.4, -0.2) is 0 Å². The highest BCUT2D eigenvalue weighted by Gasteiger charge is 2.20. The van der Waals surface area contributed by atoms with Gasteiger partial charge in [-0.15, -0.1) is 11.3 Å². The quantitative estimate of drug-likeness (QED) is 0.789. The summed E-state index contributed by atoms with van der Waals surface area (Å²) in [6.07, 6.45) is 0. The zero-order chi connectivity index (χ0) is 14.2. The molecule has 0 saturated heterocycles. The summed E-state index contributed by atoms with van der Waals surface area (Å²) in [5.74, 6) is 0. The molecule has 0 aliphatic carbocycles. The molecule has 0 saturated carbocycles. The highest BCUT2D eigenvalue weighted by molar-refractivity contribution is 7.12. The highest BCUT2D eigenvalue weighted by atomic mass is 35.5. The molecular formula is C15H17Cl2NS. The normalized spacial score (nSPS) is 13.6. The zero-order valence-electron chi connectivity index (χ0n) is 11.2. The third-order valence-corrected chi connectivity index (χ3v) is 5.42. The Morgan fingerprint density at radius 1 is 1.11 bits per heavy atom. The molecule has 1 heterocycles. The summed E-state index contributed by atoms with van der Waals surface area (Å²) in [6.45, 7) is 6.58. The lowest BCUT2D eigenvalue weighted by Crippen LogP contribution is -2.11. The molecule has 0 aliphatic heterocycles. The Labute approximate surface area is 128 Å². The maximum Gasteiger partial charge on any atom is 0.0661 e. The van der Waals surface area contributed by atoms with Gasteiger partial charge in [0.15, 0.2) is 0 Å². The fourth-order valence-corrected chi connectivity index (χ4v) is 3.35. The van der Waals surface area contributed by atoms with E-state index in [1.165, 1.54) is 4.88 Å². The van der Waals surface area contributed by atoms with Gasteiger partial charge in [-0.25, -0.2) is 0 Å². The Morgan fingerprint density at radius 2 is 1.79 bits per heavy atom. The number of hydrogen-bond donors (Lipinski definition) is 1. The maximum absolute atomic E-state index is 6.31. The van der Waals surface area contributed by atoms with E-state index >= 15 is 0 Å². The summed E-state index contributed by atoms with van der Waals surface area (Å²) in [7, 11) is 0. The standard InChI is InChI=1S/C15H17Cl2NS/c1-15(2,3)12-8-7-11(19-12)14(18)9-5-4-6-10(16)13(9)17/h4-8,14H,18H2,1-3H3. The molecule has 2 aromatic rings. The van der Waals surface area contributed by atoms with E-state index in [1.807, 2.05) is 12.1 Å². The van der Waals surface area contributed by atoms with Crippen LogP contribution >= 0.6 is 34.5 Å². The molecule has 1 aromatic heterocycles. The minimum atomic E-state index is -0.229. The molecule has 4 heteroatoms. The minimum absolute atomic E-state index is 0.140. The Hall–Kier alpha value is -0.540. The lowest BCUT2D eigenvalue weighted by atomic mass is 9.95. The van der Waals surface area contributed by atoms with Gasteiger partial charge < -0.3 is 5.73 Å². The van der Waals surface area contributed by atoms with Crippen molar-refractivity contribution < 1.29 is 0 Å². The topological polar surface area (TPSA) is 26.0 Å². The van der Waals surface area contributed by atoms with Crippen LogP contribution in [0, 0.1) is 0 Å². The number of thiophene rings is 1. The van der Waals surface area contributed by atoms with Crippen molar-refractivity contribution in [1.29, 1.82) is 0 Å². The molecule has 0 bridgehead atoms. The molecule has 0 fully saturated rings. The second-order valence-electron chi connectivity index (χ2n) is 5.57. The van der Waals surface area contributed by atoms with Gasteiger partial charge in [-0.3, -0.25) is 0 Å². The van der Waals surface area contributed by atoms with Crippen LogP contribution in [0.25, 0.3) is 0 Å². The molecule has 2 rings (SSSR count). The van der Waals surface area contributed by atoms with Crippen LogP contribution in [0.5, 0.6) is 0 Å². The second kappa shape index (κ2) is 5.45. The zero-order valence-corrected chi connectivity index (χ0v) is 13.5. The molecule has 19 heavy (non-hydrogen) atoms. The molecule has 0 spiro atoms. The van der Waals surface area contributed by atoms with Gasteiger partial charge in [0, 0.05) is 9.75 Å². The van der Waals surface area contributed by atoms with Crippen LogP contribution in [0.3, 0.4) is 0 Å². The molecule has 1 atom stereocenters. The lowest BCUT2D eigenvalue weighted by molar-refractivity contribution is 0.604. The van der Waals surface area contributed by atoms with Gasteiger partial charge in [0.2, 0.25) is 0 Å². The molecule has 1 nitrogen and oxygen atoms in total. The Bertz CT molecular complexity index is 584. The van der Waals surface area contributed by atoms with Crippen molar-refractivity contribution in [3.05, 3.63) is 55.7 Å². The van der Waals surface area contributed by atoms with Gasteiger partial charge in [0.1, 0.15) is 0 Å². The Morgan fingerprint density at radius 3 is 2.37 bits per heavy atom. The van der Waals surface area contributed by atoms with E-state index in [4.69, 9.17) is 28.9 Å².